The molecule has 2 aromatic heterocycles. The van der Waals surface area contributed by atoms with Gasteiger partial charge in [0.25, 0.3) is 0 Å². The zero-order valence-electron chi connectivity index (χ0n) is 12.4. The molecule has 10 heteroatoms. The van der Waals surface area contributed by atoms with Crippen LogP contribution in [0, 0.1) is 6.92 Å². The Bertz CT molecular complexity index is 880. The van der Waals surface area contributed by atoms with Crippen molar-refractivity contribution in [2.24, 2.45) is 0 Å². The Morgan fingerprint density at radius 2 is 2.29 bits per heavy atom. The summed E-state index contributed by atoms with van der Waals surface area (Å²) in [4.78, 5) is 20.4. The molecule has 0 atom stereocenters. The second-order valence-corrected chi connectivity index (χ2v) is 7.48. The van der Waals surface area contributed by atoms with Gasteiger partial charge in [0, 0.05) is 9.85 Å². The number of phenols is 1. The number of nitrogens with zero attached hydrogens (tertiary/aromatic N) is 3. The summed E-state index contributed by atoms with van der Waals surface area (Å²) < 4.78 is 0.819. The second-order valence-electron chi connectivity index (χ2n) is 4.76. The maximum atomic E-state index is 11.9. The normalized spacial score (nSPS) is 10.8. The van der Waals surface area contributed by atoms with Gasteiger partial charge in [0.05, 0.1) is 17.0 Å². The Balaban J connectivity index is 1.62. The number of thiazole rings is 1. The van der Waals surface area contributed by atoms with Gasteiger partial charge in [-0.1, -0.05) is 27.7 Å². The smallest absolute Gasteiger partial charge is 0.236 e. The number of thioether (sulfide) groups is 1. The first-order valence-corrected chi connectivity index (χ1v) is 9.43. The van der Waals surface area contributed by atoms with Crippen LogP contribution >= 0.6 is 39.0 Å². The third-order valence-corrected chi connectivity index (χ3v) is 5.09. The van der Waals surface area contributed by atoms with Crippen LogP contribution in [0.15, 0.2) is 33.2 Å². The average molecular weight is 426 g/mol. The topological polar surface area (TPSA) is 104 Å². The summed E-state index contributed by atoms with van der Waals surface area (Å²) in [5.74, 6) is 0.529. The van der Waals surface area contributed by atoms with Crippen LogP contribution in [-0.4, -0.2) is 36.9 Å². The molecule has 24 heavy (non-hydrogen) atoms. The monoisotopic (exact) mass is 425 g/mol. The minimum absolute atomic E-state index is 0.0998. The van der Waals surface area contributed by atoms with Gasteiger partial charge in [-0.2, -0.15) is 0 Å². The average Bonchev–Trinajstić information content (AvgIpc) is 3.17. The van der Waals surface area contributed by atoms with E-state index in [1.54, 1.807) is 18.2 Å². The number of rotatable bonds is 5. The van der Waals surface area contributed by atoms with Crippen LogP contribution in [0.1, 0.15) is 5.69 Å². The van der Waals surface area contributed by atoms with E-state index in [0.717, 1.165) is 10.2 Å². The van der Waals surface area contributed by atoms with E-state index in [-0.39, 0.29) is 17.4 Å². The van der Waals surface area contributed by atoms with Crippen LogP contribution in [0.25, 0.3) is 11.4 Å². The number of hydrogen-bond acceptors (Lipinski definition) is 7. The molecular weight excluding hydrogens is 414 g/mol. The Hall–Kier alpha value is -1.91. The fraction of sp³-hybridized carbons (Fsp3) is 0.143. The van der Waals surface area contributed by atoms with Crippen LogP contribution in [0.2, 0.25) is 0 Å². The summed E-state index contributed by atoms with van der Waals surface area (Å²) in [5, 5.41) is 22.3. The van der Waals surface area contributed by atoms with Crippen molar-refractivity contribution in [2.75, 3.05) is 11.1 Å². The first kappa shape index (κ1) is 16.9. The highest BCUT2D eigenvalue weighted by molar-refractivity contribution is 9.10. The molecule has 2 heterocycles. The van der Waals surface area contributed by atoms with Crippen molar-refractivity contribution in [1.29, 1.82) is 0 Å². The lowest BCUT2D eigenvalue weighted by Crippen LogP contribution is -2.13. The number of amides is 1. The quantitative estimate of drug-likeness (QED) is 0.540. The molecule has 1 aromatic carbocycles. The summed E-state index contributed by atoms with van der Waals surface area (Å²) in [7, 11) is 0. The first-order chi connectivity index (χ1) is 11.5. The number of anilines is 1. The number of phenolic OH excluding ortho intramolecular Hbond substituents is 1. The molecule has 1 amide bonds. The highest BCUT2D eigenvalue weighted by Gasteiger charge is 2.13. The number of carbonyl (C=O) groups is 1. The lowest BCUT2D eigenvalue weighted by molar-refractivity contribution is -0.113. The van der Waals surface area contributed by atoms with Crippen LogP contribution in [0.3, 0.4) is 0 Å². The molecule has 0 aliphatic carbocycles. The van der Waals surface area contributed by atoms with Crippen molar-refractivity contribution in [3.63, 3.8) is 0 Å². The van der Waals surface area contributed by atoms with Crippen LogP contribution in [-0.2, 0) is 4.79 Å². The predicted molar refractivity (Wildman–Crippen MR) is 97.4 cm³/mol. The molecule has 124 valence electrons. The number of carbonyl (C=O) groups excluding carboxylic acids is 1. The number of halogens is 1. The van der Waals surface area contributed by atoms with Crippen LogP contribution < -0.4 is 5.32 Å². The minimum Gasteiger partial charge on any atom is -0.507 e. The zero-order chi connectivity index (χ0) is 17.1. The largest absolute Gasteiger partial charge is 0.507 e. The lowest BCUT2D eigenvalue weighted by Gasteiger charge is -2.01. The zero-order valence-corrected chi connectivity index (χ0v) is 15.6. The molecule has 0 unspecified atom stereocenters. The summed E-state index contributed by atoms with van der Waals surface area (Å²) in [6.07, 6.45) is 0. The van der Waals surface area contributed by atoms with Gasteiger partial charge in [0.1, 0.15) is 5.75 Å². The molecule has 0 bridgehead atoms. The van der Waals surface area contributed by atoms with E-state index in [4.69, 9.17) is 0 Å². The highest BCUT2D eigenvalue weighted by Crippen LogP contribution is 2.30. The van der Waals surface area contributed by atoms with Crippen LogP contribution in [0.5, 0.6) is 5.75 Å². The Labute approximate surface area is 154 Å². The maximum absolute atomic E-state index is 11.9. The number of aryl methyl sites for hydroxylation is 1. The van der Waals surface area contributed by atoms with E-state index in [1.807, 2.05) is 12.3 Å². The molecule has 0 aliphatic rings. The van der Waals surface area contributed by atoms with Gasteiger partial charge in [0.15, 0.2) is 11.0 Å². The second kappa shape index (κ2) is 7.32. The summed E-state index contributed by atoms with van der Waals surface area (Å²) in [5.41, 5.74) is 1.40. The number of nitrogens with one attached hydrogen (secondary N) is 2. The van der Waals surface area contributed by atoms with E-state index in [0.29, 0.717) is 21.7 Å². The molecule has 0 saturated heterocycles. The maximum Gasteiger partial charge on any atom is 0.236 e. The number of aromatic hydroxyl groups is 1. The first-order valence-electron chi connectivity index (χ1n) is 6.77. The van der Waals surface area contributed by atoms with Crippen molar-refractivity contribution >= 4 is 50.1 Å². The fourth-order valence-electron chi connectivity index (χ4n) is 1.83. The van der Waals surface area contributed by atoms with E-state index < -0.39 is 0 Å². The number of H-pyrrole nitrogens is 1. The van der Waals surface area contributed by atoms with Crippen LogP contribution in [0.4, 0.5) is 5.13 Å². The molecule has 0 saturated carbocycles. The van der Waals surface area contributed by atoms with E-state index >= 15 is 0 Å². The molecular formula is C14H12BrN5O2S2. The molecule has 0 spiro atoms. The van der Waals surface area contributed by atoms with Gasteiger partial charge in [-0.05, 0) is 25.1 Å². The fourth-order valence-corrected chi connectivity index (χ4v) is 3.49. The Morgan fingerprint density at radius 3 is 3.04 bits per heavy atom. The third kappa shape index (κ3) is 4.13. The van der Waals surface area contributed by atoms with Gasteiger partial charge in [0.2, 0.25) is 11.1 Å². The number of aromatic nitrogens is 4. The summed E-state index contributed by atoms with van der Waals surface area (Å²) in [6.45, 7) is 1.87. The van der Waals surface area contributed by atoms with Gasteiger partial charge in [-0.15, -0.1) is 16.4 Å². The number of aromatic amines is 1. The van der Waals surface area contributed by atoms with Crippen molar-refractivity contribution < 1.29 is 9.90 Å². The van der Waals surface area contributed by atoms with Crippen molar-refractivity contribution in [3.05, 3.63) is 33.7 Å². The predicted octanol–water partition coefficient (Wildman–Crippen LogP) is 3.44. The van der Waals surface area contributed by atoms with E-state index in [2.05, 4.69) is 41.4 Å². The molecule has 3 rings (SSSR count). The molecule has 3 N–H and O–H groups in total. The molecule has 0 radical (unpaired) electrons. The Kier molecular flexibility index (Phi) is 5.17. The van der Waals surface area contributed by atoms with Gasteiger partial charge < -0.3 is 10.4 Å². The van der Waals surface area contributed by atoms with Crippen molar-refractivity contribution in [3.8, 4) is 17.1 Å². The van der Waals surface area contributed by atoms with Gasteiger partial charge >= 0.3 is 0 Å². The standard InChI is InChI=1S/C14H12BrN5O2S2/c1-7-5-23-13(16-7)17-11(22)6-24-14-18-12(19-20-14)9-4-8(15)2-3-10(9)21/h2-5,21H,6H2,1H3,(H,16,17,22)(H,18,19,20). The summed E-state index contributed by atoms with van der Waals surface area (Å²) >= 11 is 5.93. The molecule has 0 aliphatic heterocycles. The van der Waals surface area contributed by atoms with E-state index in [1.165, 1.54) is 23.1 Å². The molecule has 7 nitrogen and oxygen atoms in total. The Morgan fingerprint density at radius 1 is 1.46 bits per heavy atom. The molecule has 0 fully saturated rings. The molecule has 3 aromatic rings. The van der Waals surface area contributed by atoms with Crippen molar-refractivity contribution in [1.82, 2.24) is 20.2 Å². The van der Waals surface area contributed by atoms with E-state index in [9.17, 15) is 9.90 Å². The van der Waals surface area contributed by atoms with Gasteiger partial charge in [-0.3, -0.25) is 9.89 Å². The lowest BCUT2D eigenvalue weighted by atomic mass is 10.2. The third-order valence-electron chi connectivity index (χ3n) is 2.88. The van der Waals surface area contributed by atoms with Gasteiger partial charge in [-0.25, -0.2) is 9.97 Å². The number of hydrogen-bond donors (Lipinski definition) is 3. The minimum atomic E-state index is -0.175. The van der Waals surface area contributed by atoms with Crippen molar-refractivity contribution in [2.45, 2.75) is 12.1 Å². The number of benzene rings is 1. The SMILES string of the molecule is Cc1csc(NC(=O)CSc2n[nH]c(-c3cc(Br)ccc3O)n2)n1. The summed E-state index contributed by atoms with van der Waals surface area (Å²) in [6, 6.07) is 5.04. The highest BCUT2D eigenvalue weighted by atomic mass is 79.9.